The van der Waals surface area contributed by atoms with Crippen molar-refractivity contribution >= 4 is 0 Å². The fraction of sp³-hybridized carbons (Fsp3) is 0.417. The first kappa shape index (κ1) is 13.3. The van der Waals surface area contributed by atoms with Gasteiger partial charge in [0.1, 0.15) is 0 Å². The average Bonchev–Trinajstić information content (AvgIpc) is 2.79. The molecule has 2 aromatic rings. The van der Waals surface area contributed by atoms with E-state index in [0.29, 0.717) is 24.4 Å². The van der Waals surface area contributed by atoms with E-state index in [9.17, 15) is 9.59 Å². The summed E-state index contributed by atoms with van der Waals surface area (Å²) in [4.78, 5) is 23.4. The van der Waals surface area contributed by atoms with Crippen molar-refractivity contribution in [3.63, 3.8) is 0 Å². The lowest BCUT2D eigenvalue weighted by atomic mass is 10.3. The van der Waals surface area contributed by atoms with E-state index in [1.54, 1.807) is 13.2 Å². The molecular weight excluding hydrogens is 248 g/mol. The van der Waals surface area contributed by atoms with Crippen LogP contribution in [0.5, 0.6) is 0 Å². The molecule has 0 aliphatic carbocycles. The topological polar surface area (TPSA) is 82.1 Å². The van der Waals surface area contributed by atoms with Gasteiger partial charge in [0.25, 0.3) is 5.56 Å². The van der Waals surface area contributed by atoms with E-state index in [2.05, 4.69) is 10.5 Å². The van der Waals surface area contributed by atoms with Crippen molar-refractivity contribution in [3.05, 3.63) is 50.1 Å². The number of hydrogen-bond acceptors (Lipinski definition) is 5. The molecule has 7 nitrogen and oxygen atoms in total. The molecule has 0 amide bonds. The van der Waals surface area contributed by atoms with Crippen molar-refractivity contribution in [2.45, 2.75) is 20.0 Å². The van der Waals surface area contributed by atoms with E-state index < -0.39 is 0 Å². The van der Waals surface area contributed by atoms with Crippen LogP contribution in [0.4, 0.5) is 0 Å². The molecule has 0 saturated carbocycles. The van der Waals surface area contributed by atoms with Crippen LogP contribution in [-0.4, -0.2) is 14.3 Å². The Balaban J connectivity index is 2.08. The normalized spacial score (nSPS) is 10.9. The Kier molecular flexibility index (Phi) is 3.66. The zero-order valence-electron chi connectivity index (χ0n) is 11.1. The Hall–Kier alpha value is -2.15. The second kappa shape index (κ2) is 5.23. The summed E-state index contributed by atoms with van der Waals surface area (Å²) >= 11 is 0. The highest BCUT2D eigenvalue weighted by Gasteiger charge is 2.07. The maximum atomic E-state index is 11.9. The molecule has 0 unspecified atom stereocenters. The van der Waals surface area contributed by atoms with Crippen molar-refractivity contribution in [2.24, 2.45) is 14.1 Å². The molecule has 0 aliphatic heterocycles. The summed E-state index contributed by atoms with van der Waals surface area (Å²) in [5, 5.41) is 6.86. The molecule has 2 heterocycles. The molecule has 0 saturated heterocycles. The molecule has 2 aromatic heterocycles. The second-order valence-electron chi connectivity index (χ2n) is 4.45. The first-order valence-electron chi connectivity index (χ1n) is 5.87. The zero-order valence-corrected chi connectivity index (χ0v) is 11.1. The van der Waals surface area contributed by atoms with Crippen LogP contribution >= 0.6 is 0 Å². The van der Waals surface area contributed by atoms with Crippen LogP contribution in [0.25, 0.3) is 0 Å². The molecule has 7 heteroatoms. The van der Waals surface area contributed by atoms with Gasteiger partial charge in [0.2, 0.25) is 0 Å². The number of aromatic nitrogens is 3. The third kappa shape index (κ3) is 2.82. The molecule has 0 radical (unpaired) electrons. The van der Waals surface area contributed by atoms with Crippen molar-refractivity contribution in [1.29, 1.82) is 0 Å². The van der Waals surface area contributed by atoms with Crippen LogP contribution in [0.15, 0.2) is 26.4 Å². The van der Waals surface area contributed by atoms with E-state index in [1.165, 1.54) is 11.6 Å². The van der Waals surface area contributed by atoms with Crippen LogP contribution in [0.1, 0.15) is 17.0 Å². The molecular formula is C12H16N4O3. The molecule has 0 aliphatic rings. The summed E-state index contributed by atoms with van der Waals surface area (Å²) in [6, 6.07) is 1.83. The summed E-state index contributed by atoms with van der Waals surface area (Å²) in [7, 11) is 3.08. The standard InChI is InChI=1S/C12H16N4O3/c1-8-4-10(19-14-8)6-13-5-9-7-15(2)12(18)16(3)11(9)17/h4,7,13H,5-6H2,1-3H3. The van der Waals surface area contributed by atoms with Crippen LogP contribution in [0, 0.1) is 6.92 Å². The van der Waals surface area contributed by atoms with Gasteiger partial charge < -0.3 is 14.4 Å². The highest BCUT2D eigenvalue weighted by molar-refractivity contribution is 5.06. The van der Waals surface area contributed by atoms with Gasteiger partial charge in [0.15, 0.2) is 5.76 Å². The van der Waals surface area contributed by atoms with E-state index in [0.717, 1.165) is 10.3 Å². The molecule has 19 heavy (non-hydrogen) atoms. The highest BCUT2D eigenvalue weighted by atomic mass is 16.5. The summed E-state index contributed by atoms with van der Waals surface area (Å²) in [6.07, 6.45) is 1.54. The van der Waals surface area contributed by atoms with Gasteiger partial charge in [-0.05, 0) is 6.92 Å². The number of aryl methyl sites for hydroxylation is 2. The van der Waals surface area contributed by atoms with Gasteiger partial charge in [0.05, 0.1) is 12.2 Å². The molecule has 0 fully saturated rings. The molecule has 0 aromatic carbocycles. The first-order valence-corrected chi connectivity index (χ1v) is 5.87. The van der Waals surface area contributed by atoms with E-state index in [-0.39, 0.29) is 11.2 Å². The van der Waals surface area contributed by atoms with Crippen LogP contribution in [0.2, 0.25) is 0 Å². The molecule has 0 bridgehead atoms. The lowest BCUT2D eigenvalue weighted by molar-refractivity contribution is 0.369. The van der Waals surface area contributed by atoms with E-state index in [4.69, 9.17) is 4.52 Å². The lowest BCUT2D eigenvalue weighted by Crippen LogP contribution is -2.39. The van der Waals surface area contributed by atoms with Crippen molar-refractivity contribution in [3.8, 4) is 0 Å². The van der Waals surface area contributed by atoms with Crippen LogP contribution in [-0.2, 0) is 27.2 Å². The number of nitrogens with one attached hydrogen (secondary N) is 1. The molecule has 102 valence electrons. The quantitative estimate of drug-likeness (QED) is 0.817. The third-order valence-corrected chi connectivity index (χ3v) is 2.81. The van der Waals surface area contributed by atoms with E-state index in [1.807, 2.05) is 13.0 Å². The number of nitrogens with zero attached hydrogens (tertiary/aromatic N) is 3. The van der Waals surface area contributed by atoms with Gasteiger partial charge in [-0.2, -0.15) is 0 Å². The number of rotatable bonds is 4. The minimum absolute atomic E-state index is 0.288. The Labute approximate surface area is 109 Å². The molecule has 1 N–H and O–H groups in total. The first-order chi connectivity index (χ1) is 8.99. The van der Waals surface area contributed by atoms with E-state index >= 15 is 0 Å². The van der Waals surface area contributed by atoms with Gasteiger partial charge in [0, 0.05) is 38.5 Å². The minimum atomic E-state index is -0.334. The Morgan fingerprint density at radius 2 is 2.05 bits per heavy atom. The smallest absolute Gasteiger partial charge is 0.330 e. The molecule has 0 spiro atoms. The van der Waals surface area contributed by atoms with Gasteiger partial charge in [-0.1, -0.05) is 5.16 Å². The minimum Gasteiger partial charge on any atom is -0.360 e. The predicted octanol–water partition coefficient (Wildman–Crippen LogP) is -0.330. The maximum Gasteiger partial charge on any atom is 0.330 e. The van der Waals surface area contributed by atoms with Crippen molar-refractivity contribution < 1.29 is 4.52 Å². The predicted molar refractivity (Wildman–Crippen MR) is 68.7 cm³/mol. The monoisotopic (exact) mass is 264 g/mol. The fourth-order valence-electron chi connectivity index (χ4n) is 1.82. The van der Waals surface area contributed by atoms with Crippen molar-refractivity contribution in [1.82, 2.24) is 19.6 Å². The van der Waals surface area contributed by atoms with Gasteiger partial charge >= 0.3 is 5.69 Å². The van der Waals surface area contributed by atoms with Gasteiger partial charge in [-0.15, -0.1) is 0 Å². The second-order valence-corrected chi connectivity index (χ2v) is 4.45. The summed E-state index contributed by atoms with van der Waals surface area (Å²) in [5.74, 6) is 0.708. The summed E-state index contributed by atoms with van der Waals surface area (Å²) in [5.41, 5.74) is 0.722. The third-order valence-electron chi connectivity index (χ3n) is 2.81. The average molecular weight is 264 g/mol. The number of hydrogen-bond donors (Lipinski definition) is 1. The summed E-state index contributed by atoms with van der Waals surface area (Å²) in [6.45, 7) is 2.68. The molecule has 0 atom stereocenters. The largest absolute Gasteiger partial charge is 0.360 e. The lowest BCUT2D eigenvalue weighted by Gasteiger charge is -2.06. The Morgan fingerprint density at radius 1 is 1.32 bits per heavy atom. The summed E-state index contributed by atoms with van der Waals surface area (Å²) < 4.78 is 7.53. The van der Waals surface area contributed by atoms with Gasteiger partial charge in [-0.3, -0.25) is 9.36 Å². The Bertz CT molecular complexity index is 696. The zero-order chi connectivity index (χ0) is 14.0. The van der Waals surface area contributed by atoms with Crippen LogP contribution in [0.3, 0.4) is 0 Å². The van der Waals surface area contributed by atoms with Crippen LogP contribution < -0.4 is 16.6 Å². The molecule has 2 rings (SSSR count). The SMILES string of the molecule is Cc1cc(CNCc2cn(C)c(=O)n(C)c2=O)on1. The van der Waals surface area contributed by atoms with Crippen molar-refractivity contribution in [2.75, 3.05) is 0 Å². The maximum absolute atomic E-state index is 11.9. The highest BCUT2D eigenvalue weighted by Crippen LogP contribution is 2.01. The van der Waals surface area contributed by atoms with Gasteiger partial charge in [-0.25, -0.2) is 4.79 Å². The Morgan fingerprint density at radius 3 is 2.68 bits per heavy atom. The fourth-order valence-corrected chi connectivity index (χ4v) is 1.82.